The number of nitrogens with one attached hydrogen (secondary N) is 1. The summed E-state index contributed by atoms with van der Waals surface area (Å²) in [5.41, 5.74) is -0.308. The van der Waals surface area contributed by atoms with Crippen LogP contribution in [0.3, 0.4) is 0 Å². The van der Waals surface area contributed by atoms with Gasteiger partial charge in [0.25, 0.3) is 5.91 Å². The maximum absolute atomic E-state index is 13.3. The summed E-state index contributed by atoms with van der Waals surface area (Å²) in [6.45, 7) is 0. The number of aryl methyl sites for hydroxylation is 1. The molecule has 1 amide bonds. The van der Waals surface area contributed by atoms with Crippen molar-refractivity contribution in [3.8, 4) is 0 Å². The fourth-order valence-electron chi connectivity index (χ4n) is 2.56. The van der Waals surface area contributed by atoms with E-state index in [2.05, 4.69) is 20.6 Å². The second kappa shape index (κ2) is 5.23. The van der Waals surface area contributed by atoms with Crippen LogP contribution in [0.1, 0.15) is 36.2 Å². The first-order valence-electron chi connectivity index (χ1n) is 6.78. The molecule has 112 valence electrons. The van der Waals surface area contributed by atoms with Gasteiger partial charge < -0.3 is 5.32 Å². The number of nitrogens with zero attached hydrogens (tertiary/aromatic N) is 5. The van der Waals surface area contributed by atoms with E-state index < -0.39 is 17.8 Å². The first-order valence-corrected chi connectivity index (χ1v) is 6.78. The van der Waals surface area contributed by atoms with Crippen molar-refractivity contribution in [3.63, 3.8) is 0 Å². The summed E-state index contributed by atoms with van der Waals surface area (Å²) in [6, 6.07) is -0.211. The summed E-state index contributed by atoms with van der Waals surface area (Å²) in [4.78, 5) is 27.9. The summed E-state index contributed by atoms with van der Waals surface area (Å²) in [6.07, 6.45) is 2.70. The molecule has 2 unspecified atom stereocenters. The molecule has 0 radical (unpaired) electrons. The third-order valence-electron chi connectivity index (χ3n) is 3.66. The second-order valence-corrected chi connectivity index (χ2v) is 5.22. The van der Waals surface area contributed by atoms with Crippen molar-refractivity contribution in [1.29, 1.82) is 0 Å². The minimum Gasteiger partial charge on any atom is -0.348 e. The van der Waals surface area contributed by atoms with E-state index in [9.17, 15) is 14.0 Å². The minimum absolute atomic E-state index is 0.0289. The van der Waals surface area contributed by atoms with Crippen molar-refractivity contribution in [1.82, 2.24) is 29.7 Å². The average molecular weight is 294 g/mol. The molecule has 2 atom stereocenters. The van der Waals surface area contributed by atoms with Crippen LogP contribution in [0.25, 0.3) is 5.65 Å². The summed E-state index contributed by atoms with van der Waals surface area (Å²) in [7, 11) is 1.46. The number of imidazole rings is 1. The Morgan fingerprint density at radius 1 is 1.48 bits per heavy atom. The van der Waals surface area contributed by atoms with Gasteiger partial charge in [-0.15, -0.1) is 5.10 Å². The highest BCUT2D eigenvalue weighted by atomic mass is 19.1. The molecule has 1 fully saturated rings. The van der Waals surface area contributed by atoms with Crippen LogP contribution in [0.4, 0.5) is 4.39 Å². The van der Waals surface area contributed by atoms with E-state index in [1.165, 1.54) is 13.4 Å². The van der Waals surface area contributed by atoms with Gasteiger partial charge in [-0.2, -0.15) is 4.68 Å². The van der Waals surface area contributed by atoms with Crippen LogP contribution < -0.4 is 11.0 Å². The maximum atomic E-state index is 13.3. The quantitative estimate of drug-likeness (QED) is 0.830. The lowest BCUT2D eigenvalue weighted by Gasteiger charge is -2.25. The van der Waals surface area contributed by atoms with Gasteiger partial charge in [0.2, 0.25) is 0 Å². The number of halogens is 1. The van der Waals surface area contributed by atoms with Crippen LogP contribution in [0.2, 0.25) is 0 Å². The van der Waals surface area contributed by atoms with E-state index in [0.717, 1.165) is 21.9 Å². The van der Waals surface area contributed by atoms with E-state index in [1.807, 2.05) is 0 Å². The van der Waals surface area contributed by atoms with E-state index in [4.69, 9.17) is 0 Å². The topological polar surface area (TPSA) is 94.2 Å². The number of amides is 1. The minimum atomic E-state index is -0.880. The molecule has 21 heavy (non-hydrogen) atoms. The predicted molar refractivity (Wildman–Crippen MR) is 70.6 cm³/mol. The van der Waals surface area contributed by atoms with Gasteiger partial charge in [0.1, 0.15) is 12.5 Å². The van der Waals surface area contributed by atoms with Crippen LogP contribution in [0.5, 0.6) is 0 Å². The zero-order valence-electron chi connectivity index (χ0n) is 11.5. The number of fused-ring (bicyclic) bond motifs is 1. The number of carbonyl (C=O) groups excluding carboxylic acids is 1. The van der Waals surface area contributed by atoms with E-state index >= 15 is 0 Å². The van der Waals surface area contributed by atoms with Gasteiger partial charge in [-0.3, -0.25) is 4.79 Å². The molecule has 3 rings (SSSR count). The summed E-state index contributed by atoms with van der Waals surface area (Å²) < 4.78 is 15.5. The number of carbonyl (C=O) groups is 1. The van der Waals surface area contributed by atoms with Gasteiger partial charge in [-0.25, -0.2) is 18.6 Å². The van der Waals surface area contributed by atoms with E-state index in [0.29, 0.717) is 12.8 Å². The van der Waals surface area contributed by atoms with Crippen molar-refractivity contribution in [2.75, 3.05) is 0 Å². The summed E-state index contributed by atoms with van der Waals surface area (Å²) in [5, 5.41) is 10.2. The molecule has 0 bridgehead atoms. The van der Waals surface area contributed by atoms with Gasteiger partial charge in [0.05, 0.1) is 0 Å². The lowest BCUT2D eigenvalue weighted by molar-refractivity contribution is 0.0910. The Kier molecular flexibility index (Phi) is 3.40. The standard InChI is InChI=1S/C12H15FN6O2/c1-18-12(21)19-6-14-9(10(19)16-17-18)11(20)15-8-4-2-3-7(13)5-8/h6-8H,2-5H2,1H3,(H,15,20). The fraction of sp³-hybridized carbons (Fsp3) is 0.583. The molecule has 1 aliphatic carbocycles. The fourth-order valence-corrected chi connectivity index (χ4v) is 2.56. The molecule has 2 heterocycles. The molecule has 1 saturated carbocycles. The molecular formula is C12H15FN6O2. The number of hydrogen-bond acceptors (Lipinski definition) is 5. The molecule has 0 aromatic carbocycles. The van der Waals surface area contributed by atoms with Gasteiger partial charge >= 0.3 is 5.69 Å². The first kappa shape index (κ1) is 13.7. The molecular weight excluding hydrogens is 279 g/mol. The van der Waals surface area contributed by atoms with E-state index in [-0.39, 0.29) is 17.4 Å². The van der Waals surface area contributed by atoms with Crippen LogP contribution >= 0.6 is 0 Å². The molecule has 8 nitrogen and oxygen atoms in total. The van der Waals surface area contributed by atoms with E-state index in [1.54, 1.807) is 0 Å². The number of alkyl halides is 1. The van der Waals surface area contributed by atoms with Crippen LogP contribution in [0, 0.1) is 0 Å². The Balaban J connectivity index is 1.85. The highest BCUT2D eigenvalue weighted by Gasteiger charge is 2.25. The Morgan fingerprint density at radius 2 is 2.29 bits per heavy atom. The van der Waals surface area contributed by atoms with Crippen molar-refractivity contribution in [2.45, 2.75) is 37.9 Å². The van der Waals surface area contributed by atoms with Crippen molar-refractivity contribution < 1.29 is 9.18 Å². The zero-order chi connectivity index (χ0) is 15.0. The lowest BCUT2D eigenvalue weighted by Crippen LogP contribution is -2.39. The summed E-state index contributed by atoms with van der Waals surface area (Å²) >= 11 is 0. The van der Waals surface area contributed by atoms with Crippen molar-refractivity contribution in [3.05, 3.63) is 22.5 Å². The highest BCUT2D eigenvalue weighted by molar-refractivity contribution is 5.97. The number of hydrogen-bond donors (Lipinski definition) is 1. The zero-order valence-corrected chi connectivity index (χ0v) is 11.5. The smallest absolute Gasteiger partial charge is 0.348 e. The molecule has 0 spiro atoms. The first-order chi connectivity index (χ1) is 10.1. The Bertz CT molecular complexity index is 739. The van der Waals surface area contributed by atoms with Crippen LogP contribution in [-0.4, -0.2) is 42.5 Å². The molecule has 0 aliphatic heterocycles. The predicted octanol–water partition coefficient (Wildman–Crippen LogP) is -0.167. The Morgan fingerprint density at radius 3 is 3.05 bits per heavy atom. The van der Waals surface area contributed by atoms with Crippen molar-refractivity contribution >= 4 is 11.6 Å². The van der Waals surface area contributed by atoms with Crippen molar-refractivity contribution in [2.24, 2.45) is 7.05 Å². The van der Waals surface area contributed by atoms with Crippen LogP contribution in [0.15, 0.2) is 11.1 Å². The van der Waals surface area contributed by atoms with Crippen LogP contribution in [-0.2, 0) is 7.05 Å². The molecule has 0 saturated heterocycles. The lowest BCUT2D eigenvalue weighted by atomic mass is 9.94. The third-order valence-corrected chi connectivity index (χ3v) is 3.66. The Hall–Kier alpha value is -2.32. The average Bonchev–Trinajstić information content (AvgIpc) is 2.87. The maximum Gasteiger partial charge on any atom is 0.352 e. The third kappa shape index (κ3) is 2.50. The highest BCUT2D eigenvalue weighted by Crippen LogP contribution is 2.21. The number of aromatic nitrogens is 5. The van der Waals surface area contributed by atoms with Gasteiger partial charge in [-0.1, -0.05) is 5.21 Å². The normalized spacial score (nSPS) is 22.4. The molecule has 1 aliphatic rings. The monoisotopic (exact) mass is 294 g/mol. The summed E-state index contributed by atoms with van der Waals surface area (Å²) in [5.74, 6) is -0.459. The SMILES string of the molecule is Cn1nnc2c(C(=O)NC3CCCC(F)C3)ncn2c1=O. The molecule has 2 aromatic heterocycles. The second-order valence-electron chi connectivity index (χ2n) is 5.22. The molecule has 9 heteroatoms. The Labute approximate surface area is 119 Å². The number of rotatable bonds is 2. The van der Waals surface area contributed by atoms with Gasteiger partial charge in [0, 0.05) is 13.1 Å². The van der Waals surface area contributed by atoms with Gasteiger partial charge in [-0.05, 0) is 25.7 Å². The molecule has 2 aromatic rings. The van der Waals surface area contributed by atoms with Gasteiger partial charge in [0.15, 0.2) is 11.3 Å². The largest absolute Gasteiger partial charge is 0.352 e. The molecule has 1 N–H and O–H groups in total.